The second-order valence-corrected chi connectivity index (χ2v) is 8.76. The summed E-state index contributed by atoms with van der Waals surface area (Å²) in [6, 6.07) is 13.7. The van der Waals surface area contributed by atoms with Crippen LogP contribution < -0.4 is 4.90 Å². The highest BCUT2D eigenvalue weighted by atomic mass is 32.2. The lowest BCUT2D eigenvalue weighted by molar-refractivity contribution is -0.258. The number of hydrogen-bond acceptors (Lipinski definition) is 4. The molecule has 5 nitrogen and oxygen atoms in total. The average Bonchev–Trinajstić information content (AvgIpc) is 2.68. The van der Waals surface area contributed by atoms with Crippen LogP contribution in [0, 0.1) is 0 Å². The van der Waals surface area contributed by atoms with Crippen molar-refractivity contribution in [2.75, 3.05) is 31.1 Å². The number of alkyl halides is 3. The number of halogens is 3. The van der Waals surface area contributed by atoms with Gasteiger partial charge in [0.2, 0.25) is 10.0 Å². The maximum absolute atomic E-state index is 12.9. The first-order chi connectivity index (χ1) is 13.0. The smallest absolute Gasteiger partial charge is 0.376 e. The molecule has 0 amide bonds. The van der Waals surface area contributed by atoms with E-state index in [1.165, 1.54) is 28.6 Å². The SMILES string of the molecule is C[C@@](O)(c1ccc(N2CCN(S(=O)(=O)c3ccccc3)CC2)cc1)C(F)(F)F. The van der Waals surface area contributed by atoms with Gasteiger partial charge in [-0.1, -0.05) is 30.3 Å². The summed E-state index contributed by atoms with van der Waals surface area (Å²) in [5.74, 6) is 0. The van der Waals surface area contributed by atoms with Crippen molar-refractivity contribution in [1.29, 1.82) is 0 Å². The van der Waals surface area contributed by atoms with Crippen LogP contribution in [0.4, 0.5) is 18.9 Å². The lowest BCUT2D eigenvalue weighted by Crippen LogP contribution is -2.48. The first-order valence-corrected chi connectivity index (χ1v) is 10.2. The van der Waals surface area contributed by atoms with Gasteiger partial charge < -0.3 is 10.0 Å². The summed E-state index contributed by atoms with van der Waals surface area (Å²) in [4.78, 5) is 2.14. The predicted octanol–water partition coefficient (Wildman–Crippen LogP) is 2.97. The molecule has 1 saturated heterocycles. The Hall–Kier alpha value is -2.10. The number of nitrogens with zero attached hydrogens (tertiary/aromatic N) is 2. The summed E-state index contributed by atoms with van der Waals surface area (Å²) in [6.07, 6.45) is -4.77. The third kappa shape index (κ3) is 3.87. The molecular formula is C19H21F3N2O3S. The number of aliphatic hydroxyl groups is 1. The summed E-state index contributed by atoms with van der Waals surface area (Å²) in [6.45, 7) is 2.11. The van der Waals surface area contributed by atoms with Gasteiger partial charge in [-0.15, -0.1) is 0 Å². The molecule has 1 aliphatic heterocycles. The molecule has 0 radical (unpaired) electrons. The van der Waals surface area contributed by atoms with Crippen LogP contribution in [0.3, 0.4) is 0 Å². The monoisotopic (exact) mass is 414 g/mol. The van der Waals surface area contributed by atoms with Crippen LogP contribution in [0.2, 0.25) is 0 Å². The second kappa shape index (κ2) is 7.38. The van der Waals surface area contributed by atoms with E-state index in [4.69, 9.17) is 0 Å². The van der Waals surface area contributed by atoms with Crippen LogP contribution >= 0.6 is 0 Å². The van der Waals surface area contributed by atoms with Crippen LogP contribution in [0.25, 0.3) is 0 Å². The summed E-state index contributed by atoms with van der Waals surface area (Å²) < 4.78 is 65.5. The second-order valence-electron chi connectivity index (χ2n) is 6.82. The summed E-state index contributed by atoms with van der Waals surface area (Å²) >= 11 is 0. The molecule has 1 heterocycles. The van der Waals surface area contributed by atoms with Crippen molar-refractivity contribution >= 4 is 15.7 Å². The van der Waals surface area contributed by atoms with Gasteiger partial charge in [0.05, 0.1) is 4.90 Å². The first-order valence-electron chi connectivity index (χ1n) is 8.73. The minimum Gasteiger partial charge on any atom is -0.376 e. The van der Waals surface area contributed by atoms with Gasteiger partial charge >= 0.3 is 6.18 Å². The van der Waals surface area contributed by atoms with Gasteiger partial charge in [0.1, 0.15) is 0 Å². The largest absolute Gasteiger partial charge is 0.421 e. The van der Waals surface area contributed by atoms with Crippen LogP contribution in [0.5, 0.6) is 0 Å². The molecule has 152 valence electrons. The third-order valence-corrected chi connectivity index (χ3v) is 6.88. The van der Waals surface area contributed by atoms with Crippen LogP contribution in [0.15, 0.2) is 59.5 Å². The predicted molar refractivity (Wildman–Crippen MR) is 99.5 cm³/mol. The van der Waals surface area contributed by atoms with Gasteiger partial charge in [0.15, 0.2) is 5.60 Å². The molecule has 3 rings (SSSR count). The number of rotatable bonds is 4. The maximum Gasteiger partial charge on any atom is 0.421 e. The highest BCUT2D eigenvalue weighted by Gasteiger charge is 2.51. The fourth-order valence-corrected chi connectivity index (χ4v) is 4.53. The zero-order valence-corrected chi connectivity index (χ0v) is 16.0. The van der Waals surface area contributed by atoms with E-state index >= 15 is 0 Å². The van der Waals surface area contributed by atoms with Crippen molar-refractivity contribution < 1.29 is 26.7 Å². The topological polar surface area (TPSA) is 60.9 Å². The Morgan fingerprint density at radius 1 is 0.893 bits per heavy atom. The highest BCUT2D eigenvalue weighted by Crippen LogP contribution is 2.38. The highest BCUT2D eigenvalue weighted by molar-refractivity contribution is 7.89. The van der Waals surface area contributed by atoms with Crippen LogP contribution in [-0.4, -0.2) is 50.2 Å². The molecule has 1 atom stereocenters. The standard InChI is InChI=1S/C19H21F3N2O3S/c1-18(25,19(20,21)22)15-7-9-16(10-8-15)23-11-13-24(14-12-23)28(26,27)17-5-3-2-4-6-17/h2-10,25H,11-14H2,1H3/t18-/m1/s1. The Labute approximate surface area is 162 Å². The number of hydrogen-bond donors (Lipinski definition) is 1. The van der Waals surface area contributed by atoms with Gasteiger partial charge in [0, 0.05) is 31.9 Å². The molecule has 0 bridgehead atoms. The molecule has 2 aromatic carbocycles. The van der Waals surface area contributed by atoms with E-state index < -0.39 is 21.8 Å². The molecular weight excluding hydrogens is 393 g/mol. The first kappa shape index (κ1) is 20.6. The van der Waals surface area contributed by atoms with Crippen molar-refractivity contribution in [1.82, 2.24) is 4.31 Å². The van der Waals surface area contributed by atoms with Gasteiger partial charge in [0.25, 0.3) is 0 Å². The number of benzene rings is 2. The number of piperazine rings is 1. The Bertz CT molecular complexity index is 906. The van der Waals surface area contributed by atoms with E-state index in [0.717, 1.165) is 6.92 Å². The fraction of sp³-hybridized carbons (Fsp3) is 0.368. The molecule has 1 N–H and O–H groups in total. The van der Waals surface area contributed by atoms with Crippen molar-refractivity contribution in [2.24, 2.45) is 0 Å². The summed E-state index contributed by atoms with van der Waals surface area (Å²) in [7, 11) is -3.56. The maximum atomic E-state index is 12.9. The molecule has 9 heteroatoms. The average molecular weight is 414 g/mol. The molecule has 2 aromatic rings. The molecule has 0 aliphatic carbocycles. The van der Waals surface area contributed by atoms with Gasteiger partial charge in [-0.05, 0) is 36.8 Å². The summed E-state index contributed by atoms with van der Waals surface area (Å²) in [5, 5.41) is 9.74. The number of anilines is 1. The minimum absolute atomic E-state index is 0.238. The van der Waals surface area contributed by atoms with Crippen molar-refractivity contribution in [3.63, 3.8) is 0 Å². The van der Waals surface area contributed by atoms with Gasteiger partial charge in [-0.25, -0.2) is 8.42 Å². The quantitative estimate of drug-likeness (QED) is 0.836. The molecule has 0 unspecified atom stereocenters. The molecule has 1 aliphatic rings. The zero-order chi connectivity index (χ0) is 20.6. The third-order valence-electron chi connectivity index (χ3n) is 4.97. The van der Waals surface area contributed by atoms with E-state index in [1.54, 1.807) is 30.3 Å². The van der Waals surface area contributed by atoms with Crippen LogP contribution in [-0.2, 0) is 15.6 Å². The fourth-order valence-electron chi connectivity index (χ4n) is 3.09. The zero-order valence-electron chi connectivity index (χ0n) is 15.2. The van der Waals surface area contributed by atoms with Gasteiger partial charge in [-0.3, -0.25) is 0 Å². The van der Waals surface area contributed by atoms with E-state index in [-0.39, 0.29) is 23.5 Å². The molecule has 0 aromatic heterocycles. The molecule has 1 fully saturated rings. The van der Waals surface area contributed by atoms with E-state index in [1.807, 2.05) is 4.90 Å². The Balaban J connectivity index is 1.69. The summed E-state index contributed by atoms with van der Waals surface area (Å²) in [5.41, 5.74) is -2.49. The Kier molecular flexibility index (Phi) is 5.44. The van der Waals surface area contributed by atoms with Crippen molar-refractivity contribution in [3.05, 3.63) is 60.2 Å². The van der Waals surface area contributed by atoms with Crippen LogP contribution in [0.1, 0.15) is 12.5 Å². The number of sulfonamides is 1. The van der Waals surface area contributed by atoms with E-state index in [2.05, 4.69) is 0 Å². The Morgan fingerprint density at radius 2 is 1.43 bits per heavy atom. The lowest BCUT2D eigenvalue weighted by Gasteiger charge is -2.35. The Morgan fingerprint density at radius 3 is 1.93 bits per heavy atom. The van der Waals surface area contributed by atoms with Gasteiger partial charge in [-0.2, -0.15) is 17.5 Å². The van der Waals surface area contributed by atoms with E-state index in [0.29, 0.717) is 18.8 Å². The van der Waals surface area contributed by atoms with Crippen molar-refractivity contribution in [3.8, 4) is 0 Å². The molecule has 0 saturated carbocycles. The molecule has 0 spiro atoms. The molecule has 28 heavy (non-hydrogen) atoms. The van der Waals surface area contributed by atoms with Crippen molar-refractivity contribution in [2.45, 2.75) is 23.6 Å². The normalized spacial score (nSPS) is 18.7. The van der Waals surface area contributed by atoms with E-state index in [9.17, 15) is 26.7 Å². The minimum atomic E-state index is -4.77. The lowest BCUT2D eigenvalue weighted by atomic mass is 9.95.